The molecule has 0 spiro atoms. The van der Waals surface area contributed by atoms with E-state index in [0.717, 1.165) is 0 Å². The molecule has 0 aromatic carbocycles. The van der Waals surface area contributed by atoms with Gasteiger partial charge < -0.3 is 4.74 Å². The first-order chi connectivity index (χ1) is 4.24. The highest BCUT2D eigenvalue weighted by atomic mass is 79.9. The number of ether oxygens (including phenoxy) is 1. The molecule has 2 radical (unpaired) electrons. The molecule has 0 aromatic heterocycles. The molecule has 1 rings (SSSR count). The van der Waals surface area contributed by atoms with Crippen molar-refractivity contribution in [3.8, 4) is 0 Å². The number of carbonyl (C=O) groups is 1. The van der Waals surface area contributed by atoms with E-state index in [2.05, 4.69) is 20.7 Å². The molecule has 2 nitrogen and oxygen atoms in total. The van der Waals surface area contributed by atoms with Crippen molar-refractivity contribution in [2.45, 2.75) is 0 Å². The van der Waals surface area contributed by atoms with Gasteiger partial charge in [0, 0.05) is 6.08 Å². The molecule has 0 fully saturated rings. The number of allylic oxidation sites excluding steroid dienone is 1. The van der Waals surface area contributed by atoms with Crippen molar-refractivity contribution in [1.29, 1.82) is 0 Å². The zero-order valence-corrected chi connectivity index (χ0v) is 6.01. The Morgan fingerprint density at radius 1 is 1.78 bits per heavy atom. The van der Waals surface area contributed by atoms with Crippen LogP contribution in [-0.2, 0) is 9.53 Å². The van der Waals surface area contributed by atoms with E-state index in [1.807, 2.05) is 0 Å². The Balaban J connectivity index is 2.89. The first-order valence-corrected chi connectivity index (χ1v) is 3.04. The van der Waals surface area contributed by atoms with Crippen LogP contribution in [0.4, 0.5) is 0 Å². The maximum Gasteiger partial charge on any atom is 0.337 e. The van der Waals surface area contributed by atoms with Gasteiger partial charge in [-0.05, 0) is 15.9 Å². The van der Waals surface area contributed by atoms with Crippen LogP contribution in [0.3, 0.4) is 0 Å². The van der Waals surface area contributed by atoms with Gasteiger partial charge in [0.15, 0.2) is 0 Å². The molecule has 1 heterocycles. The number of hydrogen-bond acceptors (Lipinski definition) is 2. The quantitative estimate of drug-likeness (QED) is 0.412. The Morgan fingerprint density at radius 2 is 2.44 bits per heavy atom. The number of halogens is 1. The van der Waals surface area contributed by atoms with Crippen LogP contribution in [0.25, 0.3) is 0 Å². The number of cyclic esters (lactones) is 1. The zero-order valence-electron chi connectivity index (χ0n) is 4.43. The van der Waals surface area contributed by atoms with E-state index in [0.29, 0.717) is 10.2 Å². The van der Waals surface area contributed by atoms with Gasteiger partial charge in [-0.25, -0.2) is 4.79 Å². The van der Waals surface area contributed by atoms with Gasteiger partial charge >= 0.3 is 5.97 Å². The number of carbonyl (C=O) groups excluding carboxylic acids is 1. The first-order valence-electron chi connectivity index (χ1n) is 2.25. The second kappa shape index (κ2) is 2.39. The summed E-state index contributed by atoms with van der Waals surface area (Å²) in [4.78, 5) is 10.4. The SMILES string of the molecule is [B]/C=C1\OC(=O)C=C1Br. The fourth-order valence-corrected chi connectivity index (χ4v) is 0.875. The molecular weight excluding hydrogens is 183 g/mol. The lowest BCUT2D eigenvalue weighted by atomic mass is 10.1. The maximum atomic E-state index is 10.4. The van der Waals surface area contributed by atoms with Gasteiger partial charge in [0.25, 0.3) is 0 Å². The van der Waals surface area contributed by atoms with Crippen LogP contribution in [0.15, 0.2) is 22.3 Å². The summed E-state index contributed by atoms with van der Waals surface area (Å²) in [5, 5.41) is 0. The Hall–Kier alpha value is -0.505. The average Bonchev–Trinajstić information content (AvgIpc) is 2.10. The molecule has 0 atom stereocenters. The van der Waals surface area contributed by atoms with Crippen molar-refractivity contribution in [3.63, 3.8) is 0 Å². The Labute approximate surface area is 62.1 Å². The summed E-state index contributed by atoms with van der Waals surface area (Å²) < 4.78 is 5.17. The topological polar surface area (TPSA) is 26.3 Å². The van der Waals surface area contributed by atoms with Gasteiger partial charge in [-0.15, -0.1) is 0 Å². The molecule has 44 valence electrons. The standard InChI is InChI=1S/C5H2BBrO2/c6-2-4-3(7)1-5(8)9-4/h1-2H/b4-2-. The van der Waals surface area contributed by atoms with Gasteiger partial charge in [-0.2, -0.15) is 0 Å². The molecule has 0 amide bonds. The third kappa shape index (κ3) is 1.24. The van der Waals surface area contributed by atoms with Crippen LogP contribution in [0.2, 0.25) is 0 Å². The molecule has 4 heteroatoms. The smallest absolute Gasteiger partial charge is 0.337 e. The summed E-state index contributed by atoms with van der Waals surface area (Å²) in [5.41, 5.74) is 0. The number of esters is 1. The van der Waals surface area contributed by atoms with E-state index in [1.165, 1.54) is 12.1 Å². The molecule has 1 aliphatic rings. The highest BCUT2D eigenvalue weighted by molar-refractivity contribution is 9.12. The Kier molecular flexibility index (Phi) is 1.76. The van der Waals surface area contributed by atoms with Crippen molar-refractivity contribution in [1.82, 2.24) is 0 Å². The van der Waals surface area contributed by atoms with Crippen molar-refractivity contribution in [2.24, 2.45) is 0 Å². The average molecular weight is 185 g/mol. The summed E-state index contributed by atoms with van der Waals surface area (Å²) in [5.74, 6) is 1.21. The fraction of sp³-hybridized carbons (Fsp3) is 0. The predicted molar refractivity (Wildman–Crippen MR) is 36.9 cm³/mol. The minimum absolute atomic E-state index is 0.375. The lowest BCUT2D eigenvalue weighted by molar-refractivity contribution is -0.132. The van der Waals surface area contributed by atoms with E-state index < -0.39 is 5.97 Å². The predicted octanol–water partition coefficient (Wildman–Crippen LogP) is 0.832. The van der Waals surface area contributed by atoms with Crippen molar-refractivity contribution in [3.05, 3.63) is 22.3 Å². The van der Waals surface area contributed by atoms with Crippen molar-refractivity contribution in [2.75, 3.05) is 0 Å². The Bertz CT molecular complexity index is 207. The largest absolute Gasteiger partial charge is 0.423 e. The molecule has 0 bridgehead atoms. The van der Waals surface area contributed by atoms with E-state index in [4.69, 9.17) is 7.85 Å². The van der Waals surface area contributed by atoms with E-state index in [9.17, 15) is 4.79 Å². The van der Waals surface area contributed by atoms with Gasteiger partial charge in [-0.1, -0.05) is 5.98 Å². The lowest BCUT2D eigenvalue weighted by Gasteiger charge is -1.93. The first kappa shape index (κ1) is 6.61. The summed E-state index contributed by atoms with van der Waals surface area (Å²) >= 11 is 3.07. The highest BCUT2D eigenvalue weighted by Crippen LogP contribution is 2.23. The Morgan fingerprint density at radius 3 is 2.67 bits per heavy atom. The monoisotopic (exact) mass is 184 g/mol. The van der Waals surface area contributed by atoms with Crippen LogP contribution < -0.4 is 0 Å². The third-order valence-electron chi connectivity index (χ3n) is 0.842. The minimum atomic E-state index is -0.390. The molecule has 0 unspecified atom stereocenters. The lowest BCUT2D eigenvalue weighted by Crippen LogP contribution is -1.89. The summed E-state index contributed by atoms with van der Waals surface area (Å²) in [6, 6.07) is 0. The molecule has 0 saturated carbocycles. The van der Waals surface area contributed by atoms with Gasteiger partial charge in [-0.3, -0.25) is 0 Å². The highest BCUT2D eigenvalue weighted by Gasteiger charge is 2.15. The van der Waals surface area contributed by atoms with Crippen LogP contribution in [0.5, 0.6) is 0 Å². The van der Waals surface area contributed by atoms with E-state index >= 15 is 0 Å². The minimum Gasteiger partial charge on any atom is -0.423 e. The van der Waals surface area contributed by atoms with Crippen LogP contribution in [0.1, 0.15) is 0 Å². The normalized spacial score (nSPS) is 22.1. The second-order valence-electron chi connectivity index (χ2n) is 1.44. The molecule has 0 saturated heterocycles. The van der Waals surface area contributed by atoms with Crippen molar-refractivity contribution >= 4 is 29.7 Å². The fourth-order valence-electron chi connectivity index (χ4n) is 0.475. The zero-order chi connectivity index (χ0) is 6.85. The van der Waals surface area contributed by atoms with Crippen LogP contribution >= 0.6 is 15.9 Å². The third-order valence-corrected chi connectivity index (χ3v) is 1.46. The van der Waals surface area contributed by atoms with Gasteiger partial charge in [0.2, 0.25) is 0 Å². The van der Waals surface area contributed by atoms with Gasteiger partial charge in [0.05, 0.1) is 4.48 Å². The van der Waals surface area contributed by atoms with E-state index in [1.54, 1.807) is 0 Å². The number of rotatable bonds is 0. The molecule has 0 aromatic rings. The molecule has 1 aliphatic heterocycles. The molecule has 0 N–H and O–H groups in total. The van der Waals surface area contributed by atoms with Crippen LogP contribution in [-0.4, -0.2) is 13.8 Å². The summed E-state index contributed by atoms with van der Waals surface area (Å²) in [6.07, 6.45) is 1.32. The molecular formula is C5H2BBrO2. The second-order valence-corrected chi connectivity index (χ2v) is 2.30. The molecule has 9 heavy (non-hydrogen) atoms. The van der Waals surface area contributed by atoms with Crippen molar-refractivity contribution < 1.29 is 9.53 Å². The van der Waals surface area contributed by atoms with Gasteiger partial charge in [0.1, 0.15) is 13.6 Å². The maximum absolute atomic E-state index is 10.4. The van der Waals surface area contributed by atoms with Crippen LogP contribution in [0, 0.1) is 0 Å². The number of hydrogen-bond donors (Lipinski definition) is 0. The molecule has 0 aliphatic carbocycles. The van der Waals surface area contributed by atoms with E-state index in [-0.39, 0.29) is 0 Å². The summed E-state index contributed by atoms with van der Waals surface area (Å²) in [6.45, 7) is 0. The summed E-state index contributed by atoms with van der Waals surface area (Å²) in [7, 11) is 5.08.